The minimum Gasteiger partial charge on any atom is -0.475 e. The van der Waals surface area contributed by atoms with E-state index in [4.69, 9.17) is 9.73 Å². The molecular weight excluding hydrogens is 278 g/mol. The molecule has 0 bridgehead atoms. The molecule has 0 radical (unpaired) electrons. The highest BCUT2D eigenvalue weighted by Crippen LogP contribution is 2.28. The number of thiophene rings is 1. The molecule has 3 aromatic rings. The second kappa shape index (κ2) is 5.34. The Morgan fingerprint density at radius 2 is 1.86 bits per heavy atom. The maximum Gasteiger partial charge on any atom is 0.226 e. The summed E-state index contributed by atoms with van der Waals surface area (Å²) in [6.45, 7) is 0.679. The molecule has 3 heteroatoms. The van der Waals surface area contributed by atoms with Crippen molar-refractivity contribution in [2.45, 2.75) is 12.5 Å². The second-order valence-corrected chi connectivity index (χ2v) is 6.32. The van der Waals surface area contributed by atoms with Crippen LogP contribution in [-0.4, -0.2) is 18.5 Å². The molecule has 1 aliphatic heterocycles. The molecule has 0 unspecified atom stereocenters. The van der Waals surface area contributed by atoms with Crippen LogP contribution in [0.3, 0.4) is 0 Å². The molecule has 1 aliphatic rings. The van der Waals surface area contributed by atoms with Gasteiger partial charge in [-0.05, 0) is 29.5 Å². The van der Waals surface area contributed by atoms with Gasteiger partial charge in [0, 0.05) is 4.70 Å². The van der Waals surface area contributed by atoms with Gasteiger partial charge in [0.15, 0.2) is 0 Å². The van der Waals surface area contributed by atoms with E-state index >= 15 is 0 Å². The first-order valence-electron chi connectivity index (χ1n) is 7.12. The van der Waals surface area contributed by atoms with Crippen molar-refractivity contribution >= 4 is 27.3 Å². The normalized spacial score (nSPS) is 17.7. The third kappa shape index (κ3) is 2.57. The minimum atomic E-state index is 0.229. The van der Waals surface area contributed by atoms with Gasteiger partial charge >= 0.3 is 0 Å². The lowest BCUT2D eigenvalue weighted by atomic mass is 10.1. The van der Waals surface area contributed by atoms with E-state index in [1.807, 2.05) is 6.07 Å². The minimum absolute atomic E-state index is 0.229. The highest BCUT2D eigenvalue weighted by atomic mass is 32.1. The van der Waals surface area contributed by atoms with Gasteiger partial charge in [-0.25, -0.2) is 4.99 Å². The van der Waals surface area contributed by atoms with E-state index < -0.39 is 0 Å². The van der Waals surface area contributed by atoms with E-state index in [-0.39, 0.29) is 6.04 Å². The molecule has 104 valence electrons. The zero-order chi connectivity index (χ0) is 14.1. The quantitative estimate of drug-likeness (QED) is 0.706. The van der Waals surface area contributed by atoms with Crippen LogP contribution in [0, 0.1) is 0 Å². The van der Waals surface area contributed by atoms with Gasteiger partial charge in [-0.2, -0.15) is 0 Å². The summed E-state index contributed by atoms with van der Waals surface area (Å²) in [5, 5.41) is 1.26. The highest BCUT2D eigenvalue weighted by Gasteiger charge is 2.21. The molecule has 0 fully saturated rings. The van der Waals surface area contributed by atoms with Crippen LogP contribution in [0.1, 0.15) is 10.4 Å². The van der Waals surface area contributed by atoms with Gasteiger partial charge in [-0.1, -0.05) is 48.5 Å². The van der Waals surface area contributed by atoms with Crippen LogP contribution < -0.4 is 0 Å². The summed E-state index contributed by atoms with van der Waals surface area (Å²) in [5.41, 5.74) is 1.31. The van der Waals surface area contributed by atoms with E-state index in [1.165, 1.54) is 15.6 Å². The highest BCUT2D eigenvalue weighted by molar-refractivity contribution is 7.20. The van der Waals surface area contributed by atoms with Crippen molar-refractivity contribution in [3.05, 3.63) is 71.1 Å². The van der Waals surface area contributed by atoms with Crippen LogP contribution in [0.15, 0.2) is 65.7 Å². The van der Waals surface area contributed by atoms with Crippen molar-refractivity contribution in [1.29, 1.82) is 0 Å². The molecule has 2 heterocycles. The number of aliphatic imine (C=N–C) groups is 1. The molecule has 0 aliphatic carbocycles. The van der Waals surface area contributed by atoms with Crippen LogP contribution >= 0.6 is 11.3 Å². The number of hydrogen-bond acceptors (Lipinski definition) is 3. The summed E-state index contributed by atoms with van der Waals surface area (Å²) in [4.78, 5) is 5.88. The lowest BCUT2D eigenvalue weighted by molar-refractivity contribution is 0.317. The van der Waals surface area contributed by atoms with Gasteiger partial charge < -0.3 is 4.74 Å². The molecule has 0 amide bonds. The molecule has 1 aromatic heterocycles. The van der Waals surface area contributed by atoms with E-state index in [0.29, 0.717) is 6.61 Å². The van der Waals surface area contributed by atoms with Gasteiger partial charge in [0.2, 0.25) is 5.90 Å². The monoisotopic (exact) mass is 293 g/mol. The molecule has 4 rings (SSSR count). The Labute approximate surface area is 127 Å². The van der Waals surface area contributed by atoms with E-state index in [1.54, 1.807) is 11.3 Å². The smallest absolute Gasteiger partial charge is 0.226 e. The lowest BCUT2D eigenvalue weighted by Crippen LogP contribution is -2.09. The zero-order valence-corrected chi connectivity index (χ0v) is 12.3. The number of rotatable bonds is 3. The van der Waals surface area contributed by atoms with Crippen molar-refractivity contribution in [2.75, 3.05) is 6.61 Å². The van der Waals surface area contributed by atoms with Gasteiger partial charge in [0.25, 0.3) is 0 Å². The van der Waals surface area contributed by atoms with Gasteiger partial charge in [-0.15, -0.1) is 11.3 Å². The summed E-state index contributed by atoms with van der Waals surface area (Å²) >= 11 is 1.75. The topological polar surface area (TPSA) is 21.6 Å². The average Bonchev–Trinajstić information content (AvgIpc) is 3.14. The molecule has 2 aromatic carbocycles. The maximum atomic E-state index is 5.81. The first-order valence-corrected chi connectivity index (χ1v) is 7.93. The van der Waals surface area contributed by atoms with Crippen LogP contribution in [0.25, 0.3) is 10.1 Å². The van der Waals surface area contributed by atoms with Crippen molar-refractivity contribution in [2.24, 2.45) is 4.99 Å². The zero-order valence-electron chi connectivity index (χ0n) is 11.5. The molecule has 0 saturated heterocycles. The summed E-state index contributed by atoms with van der Waals surface area (Å²) in [6, 6.07) is 21.3. The Morgan fingerprint density at radius 1 is 1.05 bits per heavy atom. The fourth-order valence-electron chi connectivity index (χ4n) is 2.63. The SMILES string of the molecule is c1ccc(C[C@H]2COC(c3cc4ccccc4s3)=N2)cc1. The molecule has 0 spiro atoms. The van der Waals surface area contributed by atoms with E-state index in [2.05, 4.69) is 54.6 Å². The van der Waals surface area contributed by atoms with Crippen molar-refractivity contribution in [1.82, 2.24) is 0 Å². The fourth-order valence-corrected chi connectivity index (χ4v) is 3.64. The Balaban J connectivity index is 1.57. The Hall–Kier alpha value is -2.13. The fraction of sp³-hybridized carbons (Fsp3) is 0.167. The lowest BCUT2D eigenvalue weighted by Gasteiger charge is -2.03. The number of ether oxygens (including phenoxy) is 1. The van der Waals surface area contributed by atoms with E-state index in [0.717, 1.165) is 17.2 Å². The Bertz CT molecular complexity index is 758. The van der Waals surface area contributed by atoms with Crippen LogP contribution in [-0.2, 0) is 11.2 Å². The average molecular weight is 293 g/mol. The summed E-state index contributed by atoms with van der Waals surface area (Å²) < 4.78 is 7.10. The largest absolute Gasteiger partial charge is 0.475 e. The van der Waals surface area contributed by atoms with Crippen molar-refractivity contribution in [3.8, 4) is 0 Å². The predicted molar refractivity (Wildman–Crippen MR) is 88.2 cm³/mol. The second-order valence-electron chi connectivity index (χ2n) is 5.24. The molecule has 1 atom stereocenters. The van der Waals surface area contributed by atoms with Gasteiger partial charge in [0.05, 0.1) is 10.9 Å². The van der Waals surface area contributed by atoms with Crippen molar-refractivity contribution in [3.63, 3.8) is 0 Å². The molecule has 0 N–H and O–H groups in total. The maximum absolute atomic E-state index is 5.81. The predicted octanol–water partition coefficient (Wildman–Crippen LogP) is 4.29. The van der Waals surface area contributed by atoms with Crippen LogP contribution in [0.4, 0.5) is 0 Å². The summed E-state index contributed by atoms with van der Waals surface area (Å²) in [7, 11) is 0. The first-order chi connectivity index (χ1) is 10.4. The van der Waals surface area contributed by atoms with Gasteiger partial charge in [-0.3, -0.25) is 0 Å². The Morgan fingerprint density at radius 3 is 2.71 bits per heavy atom. The number of hydrogen-bond donors (Lipinski definition) is 0. The van der Waals surface area contributed by atoms with Gasteiger partial charge in [0.1, 0.15) is 6.61 Å². The molecule has 2 nitrogen and oxygen atoms in total. The standard InChI is InChI=1S/C18H15NOS/c1-2-6-13(7-3-1)10-15-12-20-18(19-15)17-11-14-8-4-5-9-16(14)21-17/h1-9,11,15H,10,12H2/t15-/m0/s1. The van der Waals surface area contributed by atoms with Crippen LogP contribution in [0.5, 0.6) is 0 Å². The number of fused-ring (bicyclic) bond motifs is 1. The van der Waals surface area contributed by atoms with E-state index in [9.17, 15) is 0 Å². The first kappa shape index (κ1) is 12.6. The molecule has 0 saturated carbocycles. The van der Waals surface area contributed by atoms with Crippen LogP contribution in [0.2, 0.25) is 0 Å². The van der Waals surface area contributed by atoms with Crippen molar-refractivity contribution < 1.29 is 4.74 Å². The molecular formula is C18H15NOS. The molecule has 21 heavy (non-hydrogen) atoms. The number of nitrogens with zero attached hydrogens (tertiary/aromatic N) is 1. The summed E-state index contributed by atoms with van der Waals surface area (Å²) in [5.74, 6) is 0.803. The summed E-state index contributed by atoms with van der Waals surface area (Å²) in [6.07, 6.45) is 0.940. The Kier molecular flexibility index (Phi) is 3.20. The number of benzene rings is 2. The third-order valence-corrected chi connectivity index (χ3v) is 4.77. The third-order valence-electron chi connectivity index (χ3n) is 3.66.